The number of aromatic hydroxyl groups is 1. The summed E-state index contributed by atoms with van der Waals surface area (Å²) in [6.45, 7) is 8.83. The number of anilines is 6. The first-order valence-corrected chi connectivity index (χ1v) is 27.0. The highest BCUT2D eigenvalue weighted by atomic mass is 16.3. The molecule has 1 N–H and O–H groups in total. The Morgan fingerprint density at radius 3 is 1.45 bits per heavy atom. The Hall–Kier alpha value is -9.12. The van der Waals surface area contributed by atoms with E-state index in [9.17, 15) is 5.11 Å². The number of phenolic OH excluding ortho intramolecular Hbond substituents is 1. The van der Waals surface area contributed by atoms with Crippen LogP contribution in [0.5, 0.6) is 5.75 Å². The van der Waals surface area contributed by atoms with Crippen LogP contribution >= 0.6 is 0 Å². The largest absolute Gasteiger partial charge is 0.505 e. The first-order valence-electron chi connectivity index (χ1n) is 27.0. The number of nitrogens with zero attached hydrogens (tertiary/aromatic N) is 2. The third kappa shape index (κ3) is 7.75. The van der Waals surface area contributed by atoms with Gasteiger partial charge >= 0.3 is 0 Å². The minimum absolute atomic E-state index is 0.227. The molecule has 0 unspecified atom stereocenters. The number of phenols is 1. The molecule has 0 radical (unpaired) electrons. The van der Waals surface area contributed by atoms with E-state index < -0.39 is 0 Å². The first kappa shape index (κ1) is 46.7. The maximum Gasteiger partial charge on any atom is 0.159 e. The van der Waals surface area contributed by atoms with Crippen molar-refractivity contribution < 1.29 is 9.52 Å². The molecule has 0 saturated heterocycles. The van der Waals surface area contributed by atoms with Crippen molar-refractivity contribution in [3.8, 4) is 39.1 Å². The second kappa shape index (κ2) is 19.3. The zero-order valence-electron chi connectivity index (χ0n) is 43.4. The summed E-state index contributed by atoms with van der Waals surface area (Å²) in [5.41, 5.74) is 19.0. The van der Waals surface area contributed by atoms with Gasteiger partial charge in [0, 0.05) is 44.0 Å². The molecule has 1 heterocycles. The monoisotopic (exact) mass is 982 g/mol. The number of aryl methyl sites for hydroxylation is 4. The van der Waals surface area contributed by atoms with E-state index in [1.165, 1.54) is 44.2 Å². The normalized spacial score (nSPS) is 11.7. The van der Waals surface area contributed by atoms with Gasteiger partial charge in [0.15, 0.2) is 5.58 Å². The summed E-state index contributed by atoms with van der Waals surface area (Å²) in [5.74, 6) is 0.227. The van der Waals surface area contributed by atoms with Gasteiger partial charge in [0.25, 0.3) is 0 Å². The van der Waals surface area contributed by atoms with Gasteiger partial charge in [0.2, 0.25) is 0 Å². The molecule has 1 aromatic heterocycles. The lowest BCUT2D eigenvalue weighted by atomic mass is 9.91. The van der Waals surface area contributed by atoms with Gasteiger partial charge < -0.3 is 19.3 Å². The molecular weight excluding hydrogens is 925 g/mol. The van der Waals surface area contributed by atoms with Crippen LogP contribution in [-0.4, -0.2) is 5.11 Å². The molecular formula is C72H58N2O2. The lowest BCUT2D eigenvalue weighted by molar-refractivity contribution is 0.478. The van der Waals surface area contributed by atoms with Crippen molar-refractivity contribution in [1.29, 1.82) is 0 Å². The number of hydrogen-bond donors (Lipinski definition) is 1. The van der Waals surface area contributed by atoms with Crippen molar-refractivity contribution in [3.63, 3.8) is 0 Å². The molecule has 0 fully saturated rings. The van der Waals surface area contributed by atoms with Crippen molar-refractivity contribution in [1.82, 2.24) is 0 Å². The molecule has 0 amide bonds. The molecule has 0 bridgehead atoms. The quantitative estimate of drug-likeness (QED) is 0.117. The Morgan fingerprint density at radius 1 is 0.342 bits per heavy atom. The van der Waals surface area contributed by atoms with E-state index in [1.54, 1.807) is 0 Å². The van der Waals surface area contributed by atoms with Crippen molar-refractivity contribution in [2.45, 2.75) is 53.4 Å². The summed E-state index contributed by atoms with van der Waals surface area (Å²) < 4.78 is 7.23. The molecule has 76 heavy (non-hydrogen) atoms. The highest BCUT2D eigenvalue weighted by Gasteiger charge is 2.27. The number of para-hydroxylation sites is 3. The maximum atomic E-state index is 12.8. The second-order valence-corrected chi connectivity index (χ2v) is 20.0. The van der Waals surface area contributed by atoms with E-state index >= 15 is 0 Å². The Kier molecular flexibility index (Phi) is 11.8. The van der Waals surface area contributed by atoms with Crippen LogP contribution in [0.2, 0.25) is 0 Å². The topological polar surface area (TPSA) is 39.9 Å². The van der Waals surface area contributed by atoms with E-state index in [-0.39, 0.29) is 5.75 Å². The molecule has 0 saturated carbocycles. The van der Waals surface area contributed by atoms with Gasteiger partial charge in [0.1, 0.15) is 11.3 Å². The van der Waals surface area contributed by atoms with E-state index in [1.807, 2.05) is 6.07 Å². The molecule has 368 valence electrons. The van der Waals surface area contributed by atoms with Gasteiger partial charge in [-0.15, -0.1) is 0 Å². The molecule has 0 aliphatic rings. The molecule has 12 aromatic carbocycles. The van der Waals surface area contributed by atoms with Crippen LogP contribution in [0.4, 0.5) is 34.1 Å². The van der Waals surface area contributed by atoms with Gasteiger partial charge in [-0.2, -0.15) is 0 Å². The van der Waals surface area contributed by atoms with E-state index in [2.05, 4.69) is 256 Å². The van der Waals surface area contributed by atoms with Crippen LogP contribution in [0.3, 0.4) is 0 Å². The Balaban J connectivity index is 1.02. The third-order valence-corrected chi connectivity index (χ3v) is 15.8. The number of furan rings is 1. The zero-order chi connectivity index (χ0) is 51.4. The first-order chi connectivity index (χ1) is 37.4. The van der Waals surface area contributed by atoms with Crippen molar-refractivity contribution in [2.75, 3.05) is 9.80 Å². The smallest absolute Gasteiger partial charge is 0.159 e. The summed E-state index contributed by atoms with van der Waals surface area (Å²) in [6.07, 6.45) is 3.66. The highest BCUT2D eigenvalue weighted by Crippen LogP contribution is 2.52. The third-order valence-electron chi connectivity index (χ3n) is 15.8. The lowest BCUT2D eigenvalue weighted by Gasteiger charge is -2.30. The van der Waals surface area contributed by atoms with Gasteiger partial charge in [-0.05, 0) is 146 Å². The average molecular weight is 983 g/mol. The summed E-state index contributed by atoms with van der Waals surface area (Å²) >= 11 is 0. The van der Waals surface area contributed by atoms with Crippen LogP contribution in [0.25, 0.3) is 87.6 Å². The molecule has 0 aliphatic heterocycles. The lowest BCUT2D eigenvalue weighted by Crippen LogP contribution is -2.12. The van der Waals surface area contributed by atoms with Crippen molar-refractivity contribution in [2.24, 2.45) is 0 Å². The van der Waals surface area contributed by atoms with E-state index in [0.717, 1.165) is 120 Å². The Morgan fingerprint density at radius 2 is 0.816 bits per heavy atom. The van der Waals surface area contributed by atoms with E-state index in [0.29, 0.717) is 5.69 Å². The average Bonchev–Trinajstić information content (AvgIpc) is 3.91. The highest BCUT2D eigenvalue weighted by molar-refractivity contribution is 6.28. The van der Waals surface area contributed by atoms with Crippen molar-refractivity contribution in [3.05, 3.63) is 247 Å². The summed E-state index contributed by atoms with van der Waals surface area (Å²) in [7, 11) is 0. The molecule has 0 spiro atoms. The van der Waals surface area contributed by atoms with E-state index in [4.69, 9.17) is 4.42 Å². The molecule has 4 nitrogen and oxygen atoms in total. The number of hydrogen-bond acceptors (Lipinski definition) is 4. The SMILES string of the molecule is CCc1cccc(N(c2cccc(-c3cccc(-c4ccccc4CC)c3)c2O)c2ccc3ccc4c(N(c5cccc(CC)c5)c5cccc6c5oc5c(-c7ccccc7CC)cccc56)ccc5ccc2c3c54)c1. The minimum atomic E-state index is 0.227. The summed E-state index contributed by atoms with van der Waals surface area (Å²) in [6, 6.07) is 81.0. The molecule has 0 atom stereocenters. The Labute approximate surface area is 444 Å². The van der Waals surface area contributed by atoms with Crippen LogP contribution in [0.1, 0.15) is 49.9 Å². The predicted octanol–water partition coefficient (Wildman–Crippen LogP) is 20.4. The van der Waals surface area contributed by atoms with Crippen LogP contribution in [0.15, 0.2) is 229 Å². The van der Waals surface area contributed by atoms with Gasteiger partial charge in [-0.3, -0.25) is 0 Å². The van der Waals surface area contributed by atoms with Crippen LogP contribution in [0, 0.1) is 0 Å². The molecule has 4 heteroatoms. The number of benzene rings is 12. The van der Waals surface area contributed by atoms with Gasteiger partial charge in [0.05, 0.1) is 22.7 Å². The van der Waals surface area contributed by atoms with Gasteiger partial charge in [-0.25, -0.2) is 0 Å². The maximum absolute atomic E-state index is 12.8. The fourth-order valence-electron chi connectivity index (χ4n) is 12.0. The minimum Gasteiger partial charge on any atom is -0.505 e. The molecule has 13 aromatic rings. The standard InChI is InChI=1S/C72H58N2O2/c1-5-46-19-13-25-54(43-46)73(66-33-17-29-58(70(66)75)53-24-15-23-52(45-53)56-27-11-9-21-48(56)7-3)64-41-37-50-36-40-63-65(42-38-51-35-39-62(64)68(50)69(51)63)74(55-26-14-20-47(6-2)44-55)67-34-18-32-61-60-31-16-30-59(71(60)76-72(61)67)57-28-12-10-22-49(57)8-4/h9-45,75H,5-8H2,1-4H3. The van der Waals surface area contributed by atoms with Crippen LogP contribution < -0.4 is 9.80 Å². The van der Waals surface area contributed by atoms with Crippen molar-refractivity contribution >= 4 is 88.4 Å². The molecule has 0 aliphatic carbocycles. The predicted molar refractivity (Wildman–Crippen MR) is 322 cm³/mol. The Bertz CT molecular complexity index is 4330. The number of fused-ring (bicyclic) bond motifs is 3. The second-order valence-electron chi connectivity index (χ2n) is 20.0. The fourth-order valence-corrected chi connectivity index (χ4v) is 12.0. The molecule has 13 rings (SSSR count). The fraction of sp³-hybridized carbons (Fsp3) is 0.111. The van der Waals surface area contributed by atoms with Crippen LogP contribution in [-0.2, 0) is 25.7 Å². The zero-order valence-corrected chi connectivity index (χ0v) is 43.4. The summed E-state index contributed by atoms with van der Waals surface area (Å²) in [5, 5.41) is 21.9. The van der Waals surface area contributed by atoms with Gasteiger partial charge in [-0.1, -0.05) is 198 Å². The number of rotatable bonds is 13. The summed E-state index contributed by atoms with van der Waals surface area (Å²) in [4.78, 5) is 4.68.